The molecule has 0 bridgehead atoms. The second-order valence-corrected chi connectivity index (χ2v) is 3.66. The maximum absolute atomic E-state index is 9.82. The van der Waals surface area contributed by atoms with Crippen molar-refractivity contribution in [1.29, 1.82) is 0 Å². The van der Waals surface area contributed by atoms with Gasteiger partial charge in [-0.15, -0.1) is 0 Å². The fraction of sp³-hybridized carbons (Fsp3) is 0.455. The van der Waals surface area contributed by atoms with Gasteiger partial charge in [-0.3, -0.25) is 0 Å². The normalized spacial score (nSPS) is 11.2. The molecular formula is C11H16O3. The zero-order chi connectivity index (χ0) is 10.8. The van der Waals surface area contributed by atoms with Gasteiger partial charge in [0.1, 0.15) is 11.5 Å². The molecule has 14 heavy (non-hydrogen) atoms. The minimum atomic E-state index is -0.887. The first-order valence-electron chi connectivity index (χ1n) is 4.43. The molecule has 0 spiro atoms. The van der Waals surface area contributed by atoms with Crippen molar-refractivity contribution in [2.75, 3.05) is 14.2 Å². The lowest BCUT2D eigenvalue weighted by atomic mass is 9.98. The topological polar surface area (TPSA) is 38.7 Å². The summed E-state index contributed by atoms with van der Waals surface area (Å²) in [6, 6.07) is 5.36. The van der Waals surface area contributed by atoms with Crippen LogP contribution in [0.4, 0.5) is 0 Å². The van der Waals surface area contributed by atoms with E-state index in [9.17, 15) is 5.11 Å². The van der Waals surface area contributed by atoms with E-state index >= 15 is 0 Å². The van der Waals surface area contributed by atoms with Crippen molar-refractivity contribution < 1.29 is 14.6 Å². The second kappa shape index (κ2) is 3.88. The van der Waals surface area contributed by atoms with Crippen LogP contribution in [-0.4, -0.2) is 19.3 Å². The monoisotopic (exact) mass is 196 g/mol. The molecule has 0 saturated carbocycles. The van der Waals surface area contributed by atoms with Crippen molar-refractivity contribution in [3.05, 3.63) is 23.8 Å². The molecule has 0 aliphatic carbocycles. The summed E-state index contributed by atoms with van der Waals surface area (Å²) in [5, 5.41) is 9.82. The van der Waals surface area contributed by atoms with Crippen LogP contribution in [0.5, 0.6) is 11.5 Å². The lowest BCUT2D eigenvalue weighted by Crippen LogP contribution is -2.15. The van der Waals surface area contributed by atoms with Crippen molar-refractivity contribution in [2.24, 2.45) is 0 Å². The van der Waals surface area contributed by atoms with Gasteiger partial charge < -0.3 is 14.6 Å². The smallest absolute Gasteiger partial charge is 0.122 e. The molecule has 78 valence electrons. The van der Waals surface area contributed by atoms with Crippen LogP contribution in [0, 0.1) is 0 Å². The number of aliphatic hydroxyl groups is 1. The number of ether oxygens (including phenoxy) is 2. The Hall–Kier alpha value is -1.22. The molecule has 0 aromatic heterocycles. The zero-order valence-electron chi connectivity index (χ0n) is 9.00. The summed E-state index contributed by atoms with van der Waals surface area (Å²) < 4.78 is 10.2. The molecule has 0 atom stereocenters. The molecule has 0 fully saturated rings. The molecule has 3 heteroatoms. The first-order valence-corrected chi connectivity index (χ1v) is 4.43. The van der Waals surface area contributed by atoms with Gasteiger partial charge in [0.05, 0.1) is 19.8 Å². The summed E-state index contributed by atoms with van der Waals surface area (Å²) in [6.07, 6.45) is 0. The molecule has 0 saturated heterocycles. The largest absolute Gasteiger partial charge is 0.497 e. The summed E-state index contributed by atoms with van der Waals surface area (Å²) >= 11 is 0. The van der Waals surface area contributed by atoms with Crippen LogP contribution in [0.15, 0.2) is 18.2 Å². The molecule has 0 unspecified atom stereocenters. The van der Waals surface area contributed by atoms with E-state index in [0.717, 1.165) is 5.56 Å². The quantitative estimate of drug-likeness (QED) is 0.802. The molecule has 3 nitrogen and oxygen atoms in total. The van der Waals surface area contributed by atoms with E-state index in [-0.39, 0.29) is 0 Å². The Bertz CT molecular complexity index is 291. The first-order chi connectivity index (χ1) is 6.47. The Morgan fingerprint density at radius 3 is 1.71 bits per heavy atom. The Balaban J connectivity index is 3.17. The summed E-state index contributed by atoms with van der Waals surface area (Å²) in [6.45, 7) is 3.45. The maximum atomic E-state index is 9.82. The van der Waals surface area contributed by atoms with Gasteiger partial charge in [0.2, 0.25) is 0 Å². The minimum Gasteiger partial charge on any atom is -0.497 e. The van der Waals surface area contributed by atoms with E-state index in [0.29, 0.717) is 11.5 Å². The summed E-state index contributed by atoms with van der Waals surface area (Å²) in [5.74, 6) is 1.36. The van der Waals surface area contributed by atoms with Crippen LogP contribution in [0.3, 0.4) is 0 Å². The van der Waals surface area contributed by atoms with E-state index < -0.39 is 5.60 Å². The summed E-state index contributed by atoms with van der Waals surface area (Å²) in [7, 11) is 3.17. The molecule has 0 aliphatic heterocycles. The van der Waals surface area contributed by atoms with Gasteiger partial charge in [-0.2, -0.15) is 0 Å². The van der Waals surface area contributed by atoms with E-state index in [1.165, 1.54) is 0 Å². The Labute approximate surface area is 84.3 Å². The second-order valence-electron chi connectivity index (χ2n) is 3.66. The molecule has 1 N–H and O–H groups in total. The van der Waals surface area contributed by atoms with Gasteiger partial charge in [-0.25, -0.2) is 0 Å². The lowest BCUT2D eigenvalue weighted by molar-refractivity contribution is 0.0780. The standard InChI is InChI=1S/C11H16O3/c1-11(2,12)8-5-9(13-3)7-10(6-8)14-4/h5-7,12H,1-4H3. The van der Waals surface area contributed by atoms with Gasteiger partial charge in [0, 0.05) is 6.07 Å². The van der Waals surface area contributed by atoms with Crippen LogP contribution < -0.4 is 9.47 Å². The highest BCUT2D eigenvalue weighted by Crippen LogP contribution is 2.29. The maximum Gasteiger partial charge on any atom is 0.122 e. The lowest BCUT2D eigenvalue weighted by Gasteiger charge is -2.19. The van der Waals surface area contributed by atoms with Gasteiger partial charge in [0.15, 0.2) is 0 Å². The van der Waals surface area contributed by atoms with Crippen molar-refractivity contribution in [3.8, 4) is 11.5 Å². The predicted molar refractivity (Wildman–Crippen MR) is 54.8 cm³/mol. The third-order valence-corrected chi connectivity index (χ3v) is 2.06. The van der Waals surface area contributed by atoms with Crippen LogP contribution in [-0.2, 0) is 5.60 Å². The fourth-order valence-corrected chi connectivity index (χ4v) is 1.16. The SMILES string of the molecule is COc1cc(OC)cc(C(C)(C)O)c1. The van der Waals surface area contributed by atoms with Gasteiger partial charge in [-0.05, 0) is 31.5 Å². The molecule has 0 amide bonds. The fourth-order valence-electron chi connectivity index (χ4n) is 1.16. The number of rotatable bonds is 3. The van der Waals surface area contributed by atoms with Crippen molar-refractivity contribution in [2.45, 2.75) is 19.4 Å². The van der Waals surface area contributed by atoms with E-state index in [1.54, 1.807) is 46.3 Å². The zero-order valence-corrected chi connectivity index (χ0v) is 9.00. The molecule has 1 aromatic rings. The highest BCUT2D eigenvalue weighted by atomic mass is 16.5. The highest BCUT2D eigenvalue weighted by molar-refractivity contribution is 5.40. The summed E-state index contributed by atoms with van der Waals surface area (Å²) in [5.41, 5.74) is -0.115. The van der Waals surface area contributed by atoms with Crippen molar-refractivity contribution >= 4 is 0 Å². The highest BCUT2D eigenvalue weighted by Gasteiger charge is 2.17. The van der Waals surface area contributed by atoms with Gasteiger partial charge in [0.25, 0.3) is 0 Å². The average molecular weight is 196 g/mol. The average Bonchev–Trinajstić information content (AvgIpc) is 2.15. The number of hydrogen-bond donors (Lipinski definition) is 1. The number of methoxy groups -OCH3 is 2. The number of benzene rings is 1. The van der Waals surface area contributed by atoms with Gasteiger partial charge in [-0.1, -0.05) is 0 Å². The molecule has 0 radical (unpaired) electrons. The van der Waals surface area contributed by atoms with Crippen LogP contribution >= 0.6 is 0 Å². The molecular weight excluding hydrogens is 180 g/mol. The van der Waals surface area contributed by atoms with Crippen LogP contribution in [0.1, 0.15) is 19.4 Å². The molecule has 0 heterocycles. The van der Waals surface area contributed by atoms with E-state index in [4.69, 9.17) is 9.47 Å². The molecule has 1 rings (SSSR count). The minimum absolute atomic E-state index is 0.682. The van der Waals surface area contributed by atoms with Gasteiger partial charge >= 0.3 is 0 Å². The van der Waals surface area contributed by atoms with Crippen LogP contribution in [0.2, 0.25) is 0 Å². The third kappa shape index (κ3) is 2.39. The molecule has 0 aliphatic rings. The predicted octanol–water partition coefficient (Wildman–Crippen LogP) is 1.93. The summed E-state index contributed by atoms with van der Waals surface area (Å²) in [4.78, 5) is 0. The Kier molecular flexibility index (Phi) is 3.01. The number of hydrogen-bond acceptors (Lipinski definition) is 3. The van der Waals surface area contributed by atoms with E-state index in [1.807, 2.05) is 0 Å². The van der Waals surface area contributed by atoms with E-state index in [2.05, 4.69) is 0 Å². The van der Waals surface area contributed by atoms with Crippen molar-refractivity contribution in [1.82, 2.24) is 0 Å². The Morgan fingerprint density at radius 1 is 1.00 bits per heavy atom. The third-order valence-electron chi connectivity index (χ3n) is 2.06. The van der Waals surface area contributed by atoms with Crippen LogP contribution in [0.25, 0.3) is 0 Å². The first kappa shape index (κ1) is 10.9. The van der Waals surface area contributed by atoms with Crippen molar-refractivity contribution in [3.63, 3.8) is 0 Å². The molecule has 1 aromatic carbocycles. The Morgan fingerprint density at radius 2 is 1.43 bits per heavy atom.